The minimum atomic E-state index is 0.534. The quantitative estimate of drug-likeness (QED) is 0.765. The van der Waals surface area contributed by atoms with E-state index in [1.54, 1.807) is 16.8 Å². The highest BCUT2D eigenvalue weighted by Gasteiger charge is 2.14. The first-order chi connectivity index (χ1) is 7.86. The van der Waals surface area contributed by atoms with Gasteiger partial charge in [0.2, 0.25) is 0 Å². The van der Waals surface area contributed by atoms with Gasteiger partial charge in [-0.15, -0.1) is 11.3 Å². The Balaban J connectivity index is 2.20. The normalized spacial score (nSPS) is 14.5. The molecule has 80 valence electrons. The van der Waals surface area contributed by atoms with Crippen LogP contribution in [0.2, 0.25) is 0 Å². The van der Waals surface area contributed by atoms with Crippen LogP contribution < -0.4 is 21.2 Å². The molecule has 2 aromatic rings. The third-order valence-corrected chi connectivity index (χ3v) is 3.12. The third-order valence-electron chi connectivity index (χ3n) is 2.55. The lowest BCUT2D eigenvalue weighted by Gasteiger charge is -2.22. The SMILES string of the molecule is NC1=c2ccccc2=NCN1c1cscn1. The topological polar surface area (TPSA) is 54.5 Å². The summed E-state index contributed by atoms with van der Waals surface area (Å²) in [4.78, 5) is 10.6. The molecule has 5 heteroatoms. The standard InChI is InChI=1S/C11H10N4S/c12-11-8-3-1-2-4-9(8)13-6-15(11)10-5-16-7-14-10/h1-5,7H,6,12H2. The fraction of sp³-hybridized carbons (Fsp3) is 0.0909. The molecule has 0 fully saturated rings. The highest BCUT2D eigenvalue weighted by Crippen LogP contribution is 2.16. The van der Waals surface area contributed by atoms with Crippen LogP contribution in [0, 0.1) is 0 Å². The van der Waals surface area contributed by atoms with Crippen molar-refractivity contribution in [2.45, 2.75) is 0 Å². The van der Waals surface area contributed by atoms with E-state index in [1.807, 2.05) is 34.5 Å². The van der Waals surface area contributed by atoms with Crippen molar-refractivity contribution in [1.29, 1.82) is 0 Å². The van der Waals surface area contributed by atoms with Gasteiger partial charge in [0, 0.05) is 10.6 Å². The Morgan fingerprint density at radius 3 is 3.00 bits per heavy atom. The summed E-state index contributed by atoms with van der Waals surface area (Å²) in [5, 5.41) is 3.89. The number of aromatic nitrogens is 1. The van der Waals surface area contributed by atoms with Crippen molar-refractivity contribution < 1.29 is 0 Å². The predicted molar refractivity (Wildman–Crippen MR) is 64.3 cm³/mol. The predicted octanol–water partition coefficient (Wildman–Crippen LogP) is 0.265. The van der Waals surface area contributed by atoms with Gasteiger partial charge in [-0.1, -0.05) is 12.1 Å². The average molecular weight is 230 g/mol. The number of nitrogens with zero attached hydrogens (tertiary/aromatic N) is 3. The van der Waals surface area contributed by atoms with E-state index in [2.05, 4.69) is 9.98 Å². The van der Waals surface area contributed by atoms with Gasteiger partial charge in [-0.05, 0) is 12.1 Å². The summed E-state index contributed by atoms with van der Waals surface area (Å²) in [5.74, 6) is 1.58. The maximum Gasteiger partial charge on any atom is 0.146 e. The molecule has 4 nitrogen and oxygen atoms in total. The zero-order valence-electron chi connectivity index (χ0n) is 8.50. The zero-order valence-corrected chi connectivity index (χ0v) is 9.31. The fourth-order valence-electron chi connectivity index (χ4n) is 1.73. The third kappa shape index (κ3) is 1.37. The summed E-state index contributed by atoms with van der Waals surface area (Å²) in [5.41, 5.74) is 7.92. The van der Waals surface area contributed by atoms with Crippen molar-refractivity contribution in [2.24, 2.45) is 10.7 Å². The minimum absolute atomic E-state index is 0.534. The van der Waals surface area contributed by atoms with Gasteiger partial charge in [0.15, 0.2) is 0 Å². The summed E-state index contributed by atoms with van der Waals surface area (Å²) < 4.78 is 0. The number of para-hydroxylation sites is 1. The van der Waals surface area contributed by atoms with Crippen molar-refractivity contribution in [1.82, 2.24) is 4.98 Å². The molecule has 1 aromatic heterocycles. The Hall–Kier alpha value is -1.88. The smallest absolute Gasteiger partial charge is 0.146 e. The molecule has 1 aliphatic heterocycles. The van der Waals surface area contributed by atoms with Gasteiger partial charge in [0.25, 0.3) is 0 Å². The van der Waals surface area contributed by atoms with E-state index in [1.165, 1.54) is 0 Å². The molecule has 0 bridgehead atoms. The maximum absolute atomic E-state index is 6.13. The highest BCUT2D eigenvalue weighted by atomic mass is 32.1. The Labute approximate surface area is 96.4 Å². The second-order valence-electron chi connectivity index (χ2n) is 3.48. The number of benzene rings is 1. The fourth-order valence-corrected chi connectivity index (χ4v) is 2.27. The second-order valence-corrected chi connectivity index (χ2v) is 4.20. The summed E-state index contributed by atoms with van der Waals surface area (Å²) in [7, 11) is 0. The molecule has 0 radical (unpaired) electrons. The molecule has 2 heterocycles. The Morgan fingerprint density at radius 2 is 2.19 bits per heavy atom. The lowest BCUT2D eigenvalue weighted by molar-refractivity contribution is 0.893. The molecule has 0 unspecified atom stereocenters. The van der Waals surface area contributed by atoms with Crippen LogP contribution in [0.25, 0.3) is 5.82 Å². The first-order valence-corrected chi connectivity index (χ1v) is 5.85. The van der Waals surface area contributed by atoms with Crippen LogP contribution in [0.3, 0.4) is 0 Å². The largest absolute Gasteiger partial charge is 0.384 e. The van der Waals surface area contributed by atoms with Crippen LogP contribution in [0.4, 0.5) is 5.82 Å². The summed E-state index contributed by atoms with van der Waals surface area (Å²) in [6.07, 6.45) is 0. The Bertz CT molecular complexity index is 618. The van der Waals surface area contributed by atoms with Crippen LogP contribution in [-0.2, 0) is 0 Å². The highest BCUT2D eigenvalue weighted by molar-refractivity contribution is 7.07. The molecule has 0 amide bonds. The average Bonchev–Trinajstić information content (AvgIpc) is 2.83. The molecule has 0 atom stereocenters. The monoisotopic (exact) mass is 230 g/mol. The van der Waals surface area contributed by atoms with E-state index in [9.17, 15) is 0 Å². The van der Waals surface area contributed by atoms with Crippen LogP contribution in [-0.4, -0.2) is 11.7 Å². The van der Waals surface area contributed by atoms with Crippen molar-refractivity contribution >= 4 is 23.0 Å². The van der Waals surface area contributed by atoms with Crippen molar-refractivity contribution in [3.05, 3.63) is 45.7 Å². The lowest BCUT2D eigenvalue weighted by Crippen LogP contribution is -2.43. The van der Waals surface area contributed by atoms with Gasteiger partial charge in [-0.2, -0.15) is 0 Å². The molecule has 3 rings (SSSR count). The van der Waals surface area contributed by atoms with E-state index in [0.717, 1.165) is 22.2 Å². The van der Waals surface area contributed by atoms with Gasteiger partial charge >= 0.3 is 0 Å². The number of fused-ring (bicyclic) bond motifs is 1. The molecule has 0 saturated carbocycles. The van der Waals surface area contributed by atoms with Crippen molar-refractivity contribution in [3.63, 3.8) is 0 Å². The van der Waals surface area contributed by atoms with Crippen molar-refractivity contribution in [3.8, 4) is 0 Å². The molecular formula is C11H10N4S. The van der Waals surface area contributed by atoms with Crippen molar-refractivity contribution in [2.75, 3.05) is 11.6 Å². The second kappa shape index (κ2) is 3.61. The first-order valence-electron chi connectivity index (χ1n) is 4.91. The molecule has 0 aliphatic carbocycles. The number of rotatable bonds is 1. The summed E-state index contributed by atoms with van der Waals surface area (Å²) in [6.45, 7) is 0.534. The van der Waals surface area contributed by atoms with Gasteiger partial charge in [0.1, 0.15) is 18.3 Å². The molecule has 0 spiro atoms. The maximum atomic E-state index is 6.13. The number of hydrogen-bond donors (Lipinski definition) is 1. The van der Waals surface area contributed by atoms with E-state index in [-0.39, 0.29) is 0 Å². The first kappa shape index (κ1) is 9.35. The minimum Gasteiger partial charge on any atom is -0.384 e. The van der Waals surface area contributed by atoms with Gasteiger partial charge in [-0.25, -0.2) is 4.98 Å². The number of thiazole rings is 1. The van der Waals surface area contributed by atoms with Crippen LogP contribution in [0.5, 0.6) is 0 Å². The van der Waals surface area contributed by atoms with Crippen LogP contribution in [0.15, 0.2) is 40.1 Å². The molecule has 2 N–H and O–H groups in total. The van der Waals surface area contributed by atoms with Gasteiger partial charge in [0.05, 0.1) is 10.9 Å². The van der Waals surface area contributed by atoms with E-state index < -0.39 is 0 Å². The molecule has 16 heavy (non-hydrogen) atoms. The molecule has 0 saturated heterocycles. The zero-order chi connectivity index (χ0) is 11.0. The van der Waals surface area contributed by atoms with E-state index >= 15 is 0 Å². The molecular weight excluding hydrogens is 220 g/mol. The van der Waals surface area contributed by atoms with Crippen LogP contribution in [0.1, 0.15) is 0 Å². The molecule has 1 aromatic carbocycles. The number of nitrogens with two attached hydrogens (primary N) is 1. The lowest BCUT2D eigenvalue weighted by atomic mass is 10.2. The Morgan fingerprint density at radius 1 is 1.31 bits per heavy atom. The molecule has 1 aliphatic rings. The van der Waals surface area contributed by atoms with Crippen LogP contribution >= 0.6 is 11.3 Å². The number of anilines is 1. The van der Waals surface area contributed by atoms with Gasteiger partial charge < -0.3 is 5.73 Å². The summed E-state index contributed by atoms with van der Waals surface area (Å²) >= 11 is 1.55. The summed E-state index contributed by atoms with van der Waals surface area (Å²) in [6, 6.07) is 7.88. The Kier molecular flexibility index (Phi) is 2.11. The van der Waals surface area contributed by atoms with Gasteiger partial charge in [-0.3, -0.25) is 9.89 Å². The van der Waals surface area contributed by atoms with E-state index in [4.69, 9.17) is 5.73 Å². The van der Waals surface area contributed by atoms with E-state index in [0.29, 0.717) is 6.67 Å². The number of hydrogen-bond acceptors (Lipinski definition) is 5.